The largest absolute Gasteiger partial charge is 0.395 e. The van der Waals surface area contributed by atoms with Crippen LogP contribution in [0.25, 0.3) is 0 Å². The summed E-state index contributed by atoms with van der Waals surface area (Å²) in [5, 5.41) is 26.2. The van der Waals surface area contributed by atoms with Crippen LogP contribution in [0, 0.1) is 22.7 Å². The molecule has 150 valence electrons. The Morgan fingerprint density at radius 1 is 0.964 bits per heavy atom. The lowest BCUT2D eigenvalue weighted by atomic mass is 10.0. The van der Waals surface area contributed by atoms with Gasteiger partial charge in [-0.25, -0.2) is 4.89 Å². The Balaban J connectivity index is 2.69. The van der Waals surface area contributed by atoms with Crippen molar-refractivity contribution in [3.63, 3.8) is 0 Å². The molecule has 0 aliphatic heterocycles. The number of oxime groups is 2. The quantitative estimate of drug-likeness (QED) is 0.146. The number of benzene rings is 1. The van der Waals surface area contributed by atoms with E-state index in [1.54, 1.807) is 24.3 Å². The standard InChI is InChI=1S/C19H24N4O4S/c1-3-5-7-11-24-22-18(14-20)16-9-8-10-17(13-16)19(15-21)23-26-28-27-25-12-6-4-2/h8-10,13H,3-7,11-12H2,1-2H3. The molecule has 0 aliphatic carbocycles. The molecule has 0 bridgehead atoms. The average molecular weight is 404 g/mol. The number of nitrogens with zero attached hydrogens (tertiary/aromatic N) is 4. The fourth-order valence-corrected chi connectivity index (χ4v) is 2.17. The van der Waals surface area contributed by atoms with Crippen LogP contribution in [0.15, 0.2) is 34.6 Å². The highest BCUT2D eigenvalue weighted by Crippen LogP contribution is 2.12. The molecule has 0 spiro atoms. The molecular formula is C19H24N4O4S. The molecule has 28 heavy (non-hydrogen) atoms. The van der Waals surface area contributed by atoms with Gasteiger partial charge in [0.05, 0.1) is 6.61 Å². The molecule has 8 nitrogen and oxygen atoms in total. The molecule has 0 unspecified atom stereocenters. The summed E-state index contributed by atoms with van der Waals surface area (Å²) in [6.45, 7) is 5.03. The molecule has 9 heteroatoms. The molecule has 0 heterocycles. The Bertz CT molecular complexity index is 725. The van der Waals surface area contributed by atoms with E-state index in [9.17, 15) is 10.5 Å². The Morgan fingerprint density at radius 2 is 1.64 bits per heavy atom. The second kappa shape index (κ2) is 15.5. The molecule has 1 aromatic rings. The zero-order valence-electron chi connectivity index (χ0n) is 16.1. The van der Waals surface area contributed by atoms with Gasteiger partial charge < -0.3 is 4.84 Å². The lowest BCUT2D eigenvalue weighted by Gasteiger charge is -2.03. The first-order valence-electron chi connectivity index (χ1n) is 9.07. The Kier molecular flexibility index (Phi) is 13.0. The van der Waals surface area contributed by atoms with Crippen molar-refractivity contribution in [3.8, 4) is 12.1 Å². The molecule has 1 aromatic carbocycles. The van der Waals surface area contributed by atoms with Crippen LogP contribution >= 0.6 is 12.3 Å². The first-order chi connectivity index (χ1) is 13.8. The summed E-state index contributed by atoms with van der Waals surface area (Å²) in [5.74, 6) is 0. The minimum absolute atomic E-state index is 0.0210. The highest BCUT2D eigenvalue weighted by Gasteiger charge is 2.09. The van der Waals surface area contributed by atoms with E-state index in [2.05, 4.69) is 17.2 Å². The zero-order valence-corrected chi connectivity index (χ0v) is 16.9. The molecule has 0 amide bonds. The van der Waals surface area contributed by atoms with Crippen molar-refractivity contribution >= 4 is 23.7 Å². The Hall–Kier alpha value is -2.59. The van der Waals surface area contributed by atoms with E-state index in [-0.39, 0.29) is 11.4 Å². The third-order valence-electron chi connectivity index (χ3n) is 3.43. The fourth-order valence-electron chi connectivity index (χ4n) is 1.94. The predicted molar refractivity (Wildman–Crippen MR) is 107 cm³/mol. The lowest BCUT2D eigenvalue weighted by molar-refractivity contribution is -0.197. The van der Waals surface area contributed by atoms with E-state index in [0.29, 0.717) is 36.7 Å². The summed E-state index contributed by atoms with van der Waals surface area (Å²) in [6, 6.07) is 10.6. The van der Waals surface area contributed by atoms with Crippen molar-refractivity contribution in [1.29, 1.82) is 10.5 Å². The van der Waals surface area contributed by atoms with E-state index in [4.69, 9.17) is 18.3 Å². The van der Waals surface area contributed by atoms with Crippen molar-refractivity contribution in [2.75, 3.05) is 13.2 Å². The molecular weight excluding hydrogens is 380 g/mol. The molecule has 0 aliphatic rings. The molecule has 0 N–H and O–H groups in total. The third-order valence-corrected chi connectivity index (χ3v) is 3.72. The van der Waals surface area contributed by atoms with Crippen molar-refractivity contribution in [3.05, 3.63) is 35.4 Å². The van der Waals surface area contributed by atoms with Gasteiger partial charge in [0.1, 0.15) is 18.7 Å². The topological polar surface area (TPSA) is 109 Å². The van der Waals surface area contributed by atoms with Gasteiger partial charge in [-0.3, -0.25) is 4.28 Å². The summed E-state index contributed by atoms with van der Waals surface area (Å²) in [4.78, 5) is 10.0. The van der Waals surface area contributed by atoms with Crippen molar-refractivity contribution in [2.24, 2.45) is 10.3 Å². The number of hydrogen-bond donors (Lipinski definition) is 0. The smallest absolute Gasteiger partial charge is 0.285 e. The number of hydrogen-bond acceptors (Lipinski definition) is 9. The first-order valence-corrected chi connectivity index (χ1v) is 9.74. The number of unbranched alkanes of at least 4 members (excludes halogenated alkanes) is 3. The monoisotopic (exact) mass is 404 g/mol. The van der Waals surface area contributed by atoms with Gasteiger partial charge >= 0.3 is 0 Å². The van der Waals surface area contributed by atoms with Gasteiger partial charge in [-0.15, -0.1) is 4.33 Å². The second-order valence-electron chi connectivity index (χ2n) is 5.61. The predicted octanol–water partition coefficient (Wildman–Crippen LogP) is 4.68. The molecule has 0 fully saturated rings. The van der Waals surface area contributed by atoms with Crippen molar-refractivity contribution in [1.82, 2.24) is 0 Å². The van der Waals surface area contributed by atoms with Crippen molar-refractivity contribution < 1.29 is 18.3 Å². The maximum atomic E-state index is 9.32. The van der Waals surface area contributed by atoms with Crippen molar-refractivity contribution in [2.45, 2.75) is 46.0 Å². The van der Waals surface area contributed by atoms with Crippen LogP contribution in [-0.4, -0.2) is 24.6 Å². The zero-order chi connectivity index (χ0) is 20.5. The summed E-state index contributed by atoms with van der Waals surface area (Å²) >= 11 is 0.518. The average Bonchev–Trinajstić information content (AvgIpc) is 2.73. The molecule has 0 radical (unpaired) electrons. The van der Waals surface area contributed by atoms with Crippen LogP contribution in [0.2, 0.25) is 0 Å². The number of nitriles is 2. The highest BCUT2D eigenvalue weighted by molar-refractivity contribution is 7.89. The first kappa shape index (κ1) is 23.4. The Labute approximate surface area is 170 Å². The minimum atomic E-state index is 0.0210. The summed E-state index contributed by atoms with van der Waals surface area (Å²) in [6.07, 6.45) is 4.85. The van der Waals surface area contributed by atoms with E-state index in [1.807, 2.05) is 19.1 Å². The fraction of sp³-hybridized carbons (Fsp3) is 0.474. The molecule has 0 saturated carbocycles. The van der Waals surface area contributed by atoms with Gasteiger partial charge in [0.15, 0.2) is 11.4 Å². The maximum Gasteiger partial charge on any atom is 0.285 e. The SMILES string of the molecule is CCCCCON=C(C#N)c1cccc(C(C#N)=NOSOOCCCC)c1. The van der Waals surface area contributed by atoms with Gasteiger partial charge in [0.25, 0.3) is 12.3 Å². The summed E-state index contributed by atoms with van der Waals surface area (Å²) < 4.78 is 9.58. The van der Waals surface area contributed by atoms with Gasteiger partial charge in [0.2, 0.25) is 0 Å². The van der Waals surface area contributed by atoms with Crippen LogP contribution in [-0.2, 0) is 18.3 Å². The minimum Gasteiger partial charge on any atom is -0.395 e. The van der Waals surface area contributed by atoms with Gasteiger partial charge in [-0.1, -0.05) is 61.6 Å². The molecule has 0 aromatic heterocycles. The normalized spacial score (nSPS) is 11.6. The maximum absolute atomic E-state index is 9.32. The Morgan fingerprint density at radius 3 is 2.29 bits per heavy atom. The van der Waals surface area contributed by atoms with Crippen LogP contribution in [0.4, 0.5) is 0 Å². The van der Waals surface area contributed by atoms with E-state index >= 15 is 0 Å². The molecule has 0 atom stereocenters. The second-order valence-corrected chi connectivity index (χ2v) is 6.03. The molecule has 1 rings (SSSR count). The van der Waals surface area contributed by atoms with Crippen LogP contribution in [0.1, 0.15) is 57.1 Å². The van der Waals surface area contributed by atoms with E-state index in [1.165, 1.54) is 0 Å². The molecule has 0 saturated heterocycles. The van der Waals surface area contributed by atoms with Crippen LogP contribution in [0.5, 0.6) is 0 Å². The lowest BCUT2D eigenvalue weighted by Crippen LogP contribution is -2.04. The highest BCUT2D eigenvalue weighted by atomic mass is 32.2. The van der Waals surface area contributed by atoms with Crippen LogP contribution in [0.3, 0.4) is 0 Å². The summed E-state index contributed by atoms with van der Waals surface area (Å²) in [7, 11) is 0. The van der Waals surface area contributed by atoms with Crippen LogP contribution < -0.4 is 0 Å². The third kappa shape index (κ3) is 9.38. The van der Waals surface area contributed by atoms with Gasteiger partial charge in [-0.2, -0.15) is 10.5 Å². The van der Waals surface area contributed by atoms with E-state index in [0.717, 1.165) is 32.1 Å². The van der Waals surface area contributed by atoms with Gasteiger partial charge in [0, 0.05) is 11.1 Å². The van der Waals surface area contributed by atoms with Gasteiger partial charge in [-0.05, 0) is 18.9 Å². The number of rotatable bonds is 14. The summed E-state index contributed by atoms with van der Waals surface area (Å²) in [5.41, 5.74) is 1.14. The van der Waals surface area contributed by atoms with E-state index < -0.39 is 0 Å².